The van der Waals surface area contributed by atoms with Crippen LogP contribution >= 0.6 is 0 Å². The van der Waals surface area contributed by atoms with Crippen molar-refractivity contribution in [1.82, 2.24) is 5.32 Å². The Morgan fingerprint density at radius 3 is 1.77 bits per heavy atom. The fourth-order valence-corrected chi connectivity index (χ4v) is 5.05. The Balaban J connectivity index is 2.03. The molecule has 0 saturated heterocycles. The monoisotopic (exact) mass is 620 g/mol. The van der Waals surface area contributed by atoms with Crippen LogP contribution < -0.4 is 11.1 Å². The molecule has 0 fully saturated rings. The van der Waals surface area contributed by atoms with Gasteiger partial charge in [0.15, 0.2) is 0 Å². The van der Waals surface area contributed by atoms with E-state index in [0.29, 0.717) is 23.3 Å². The molecule has 0 heterocycles. The predicted molar refractivity (Wildman–Crippen MR) is 145 cm³/mol. The van der Waals surface area contributed by atoms with Crippen LogP contribution in [0.15, 0.2) is 60.7 Å². The van der Waals surface area contributed by atoms with Crippen LogP contribution in [-0.2, 0) is 11.2 Å². The molecule has 44 heavy (non-hydrogen) atoms. The molecule has 0 aliphatic heterocycles. The Labute approximate surface area is 248 Å². The highest BCUT2D eigenvalue weighted by Gasteiger charge is 2.54. The molecule has 0 spiro atoms. The van der Waals surface area contributed by atoms with Crippen LogP contribution in [0.5, 0.6) is 0 Å². The third kappa shape index (κ3) is 7.01. The number of nitrogens with one attached hydrogen (secondary N) is 1. The number of aliphatic hydroxyl groups excluding tert-OH is 1. The van der Waals surface area contributed by atoms with E-state index < -0.39 is 71.6 Å². The van der Waals surface area contributed by atoms with Crippen molar-refractivity contribution < 1.29 is 40.6 Å². The highest BCUT2D eigenvalue weighted by atomic mass is 19.4. The lowest BCUT2D eigenvalue weighted by molar-refractivity contribution is -0.168. The van der Waals surface area contributed by atoms with E-state index in [1.54, 1.807) is 12.1 Å². The van der Waals surface area contributed by atoms with Crippen LogP contribution in [0.4, 0.5) is 30.7 Å². The number of carbonyl (C=O) groups excluding carboxylic acids is 1. The summed E-state index contributed by atoms with van der Waals surface area (Å²) in [6.45, 7) is 2.66. The summed E-state index contributed by atoms with van der Waals surface area (Å²) in [5.41, 5.74) is 2.54. The number of alkyl halides is 5. The lowest BCUT2D eigenvalue weighted by Gasteiger charge is -2.42. The molecule has 232 valence electrons. The summed E-state index contributed by atoms with van der Waals surface area (Å²) in [7, 11) is 0. The fraction of sp³-hybridized carbons (Fsp3) is 0.323. The van der Waals surface area contributed by atoms with Crippen molar-refractivity contribution >= 4 is 5.91 Å². The largest absolute Gasteiger partial charge is 0.407 e. The lowest BCUT2D eigenvalue weighted by Crippen LogP contribution is -2.66. The Morgan fingerprint density at radius 1 is 0.932 bits per heavy atom. The summed E-state index contributed by atoms with van der Waals surface area (Å²) in [4.78, 5) is 12.9. The van der Waals surface area contributed by atoms with E-state index in [9.17, 15) is 45.9 Å². The van der Waals surface area contributed by atoms with Crippen LogP contribution in [0.3, 0.4) is 0 Å². The minimum Gasteiger partial charge on any atom is -0.382 e. The van der Waals surface area contributed by atoms with Crippen LogP contribution in [0.25, 0.3) is 11.1 Å². The van der Waals surface area contributed by atoms with Crippen molar-refractivity contribution in [2.75, 3.05) is 0 Å². The van der Waals surface area contributed by atoms with Gasteiger partial charge in [0.05, 0.1) is 23.6 Å². The Hall–Kier alpha value is -4.46. The molecule has 13 heteroatoms. The second-order valence-electron chi connectivity index (χ2n) is 10.4. The number of benzene rings is 3. The topological polar surface area (TPSA) is 123 Å². The normalized spacial score (nSPS) is 15.2. The molecule has 0 aliphatic carbocycles. The minimum atomic E-state index is -5.05. The van der Waals surface area contributed by atoms with Gasteiger partial charge in [-0.25, -0.2) is 17.6 Å². The number of nitrogens with zero attached hydrogens (tertiary/aromatic N) is 2. The molecule has 4 atom stereocenters. The molecule has 0 bridgehead atoms. The first-order valence-corrected chi connectivity index (χ1v) is 13.1. The maximum Gasteiger partial charge on any atom is 0.407 e. The second kappa shape index (κ2) is 13.5. The average Bonchev–Trinajstić information content (AvgIpc) is 2.96. The van der Waals surface area contributed by atoms with Crippen molar-refractivity contribution in [3.8, 4) is 23.3 Å². The number of aliphatic hydroxyl groups is 1. The van der Waals surface area contributed by atoms with E-state index in [4.69, 9.17) is 11.0 Å². The average molecular weight is 621 g/mol. The quantitative estimate of drug-likeness (QED) is 0.219. The van der Waals surface area contributed by atoms with E-state index in [1.807, 2.05) is 0 Å². The van der Waals surface area contributed by atoms with Crippen LogP contribution in [0, 0.1) is 46.1 Å². The maximum absolute atomic E-state index is 14.7. The van der Waals surface area contributed by atoms with E-state index in [2.05, 4.69) is 5.32 Å². The molecule has 3 aromatic carbocycles. The number of rotatable bonds is 11. The number of carbonyl (C=O) groups is 1. The summed E-state index contributed by atoms with van der Waals surface area (Å²) in [6, 6.07) is 12.3. The van der Waals surface area contributed by atoms with Crippen molar-refractivity contribution in [2.24, 2.45) is 17.6 Å². The zero-order chi connectivity index (χ0) is 33.0. The number of nitrogens with two attached hydrogens (primary N) is 1. The molecule has 4 N–H and O–H groups in total. The Bertz CT molecular complexity index is 1540. The molecule has 0 aliphatic rings. The third-order valence-corrected chi connectivity index (χ3v) is 7.48. The zero-order valence-corrected chi connectivity index (χ0v) is 23.3. The number of nitriles is 2. The molecule has 1 amide bonds. The predicted octanol–water partition coefficient (Wildman–Crippen LogP) is 6.26. The van der Waals surface area contributed by atoms with Crippen LogP contribution in [-0.4, -0.2) is 29.2 Å². The van der Waals surface area contributed by atoms with Crippen molar-refractivity contribution in [1.29, 1.82) is 10.5 Å². The van der Waals surface area contributed by atoms with Gasteiger partial charge in [0.25, 0.3) is 6.43 Å². The highest BCUT2D eigenvalue weighted by molar-refractivity contribution is 5.86. The molecule has 0 aromatic heterocycles. The summed E-state index contributed by atoms with van der Waals surface area (Å²) in [5, 5.41) is 30.7. The molecule has 0 saturated carbocycles. The SMILES string of the molecule is CC(C)C(N[C@@H](c1ccc(-c2ccc([C@@H](O)C(F)F)cc2)cc1)C(F)(F)F)(C(N)=O)[C@@H](C#N)Cc1c(F)cc(C#N)cc1F. The smallest absolute Gasteiger partial charge is 0.382 e. The van der Waals surface area contributed by atoms with Gasteiger partial charge in [0.2, 0.25) is 5.91 Å². The van der Waals surface area contributed by atoms with Crippen LogP contribution in [0.2, 0.25) is 0 Å². The molecular weight excluding hydrogens is 593 g/mol. The van der Waals surface area contributed by atoms with Gasteiger partial charge >= 0.3 is 6.18 Å². The van der Waals surface area contributed by atoms with Gasteiger partial charge < -0.3 is 10.8 Å². The fourth-order valence-electron chi connectivity index (χ4n) is 5.05. The summed E-state index contributed by atoms with van der Waals surface area (Å²) in [6.07, 6.45) is -10.9. The second-order valence-corrected chi connectivity index (χ2v) is 10.4. The number of hydrogen-bond donors (Lipinski definition) is 3. The van der Waals surface area contributed by atoms with E-state index >= 15 is 0 Å². The standard InChI is InChI=1S/C31H27F7N4O2/c1-16(2)30(29(41)44,22(15-40)13-23-24(32)11-17(14-39)12-25(23)33)42-27(31(36,37)38)21-9-5-19(6-10-21)18-3-7-20(8-4-18)26(43)28(34)35/h3-12,16,22,26-28,42-43H,13H2,1-2H3,(H2,41,44)/t22-,26-,27+,30?/m1/s1. The van der Waals surface area contributed by atoms with Gasteiger partial charge in [-0.2, -0.15) is 23.7 Å². The van der Waals surface area contributed by atoms with Gasteiger partial charge in [-0.3, -0.25) is 10.1 Å². The molecule has 3 rings (SSSR count). The maximum atomic E-state index is 14.7. The number of halogens is 7. The number of amides is 1. The van der Waals surface area contributed by atoms with Crippen molar-refractivity contribution in [2.45, 2.75) is 50.6 Å². The van der Waals surface area contributed by atoms with Gasteiger partial charge in [-0.05, 0) is 46.7 Å². The lowest BCUT2D eigenvalue weighted by atomic mass is 9.71. The van der Waals surface area contributed by atoms with E-state index in [-0.39, 0.29) is 16.7 Å². The minimum absolute atomic E-state index is 0.0500. The Kier molecular flexibility index (Phi) is 10.4. The molecule has 3 aromatic rings. The van der Waals surface area contributed by atoms with Crippen LogP contribution in [0.1, 0.15) is 48.2 Å². The molecular formula is C31H27F7N4O2. The Morgan fingerprint density at radius 2 is 1.41 bits per heavy atom. The van der Waals surface area contributed by atoms with Gasteiger partial charge in [0, 0.05) is 5.56 Å². The summed E-state index contributed by atoms with van der Waals surface area (Å²) in [5.74, 6) is -6.67. The van der Waals surface area contributed by atoms with E-state index in [0.717, 1.165) is 12.1 Å². The first-order chi connectivity index (χ1) is 20.6. The van der Waals surface area contributed by atoms with Crippen molar-refractivity contribution in [3.63, 3.8) is 0 Å². The summed E-state index contributed by atoms with van der Waals surface area (Å²) < 4.78 is 98.6. The molecule has 0 radical (unpaired) electrons. The third-order valence-electron chi connectivity index (χ3n) is 7.48. The zero-order valence-electron chi connectivity index (χ0n) is 23.3. The first-order valence-electron chi connectivity index (χ1n) is 13.1. The van der Waals surface area contributed by atoms with E-state index in [1.165, 1.54) is 50.2 Å². The van der Waals surface area contributed by atoms with Crippen molar-refractivity contribution in [3.05, 3.63) is 94.6 Å². The van der Waals surface area contributed by atoms with Gasteiger partial charge in [-0.1, -0.05) is 62.4 Å². The number of hydrogen-bond acceptors (Lipinski definition) is 5. The number of primary amides is 1. The summed E-state index contributed by atoms with van der Waals surface area (Å²) >= 11 is 0. The highest BCUT2D eigenvalue weighted by Crippen LogP contribution is 2.40. The van der Waals surface area contributed by atoms with Gasteiger partial charge in [0.1, 0.15) is 29.3 Å². The first kappa shape index (κ1) is 34.0. The molecule has 6 nitrogen and oxygen atoms in total. The molecule has 1 unspecified atom stereocenters. The van der Waals surface area contributed by atoms with Gasteiger partial charge in [-0.15, -0.1) is 0 Å².